The highest BCUT2D eigenvalue weighted by Gasteiger charge is 2.38. The molecule has 2 amide bonds. The molecule has 0 radical (unpaired) electrons. The minimum Gasteiger partial charge on any atom is -0.322 e. The molecule has 0 aliphatic carbocycles. The van der Waals surface area contributed by atoms with Crippen molar-refractivity contribution >= 4 is 6.03 Å². The van der Waals surface area contributed by atoms with Crippen molar-refractivity contribution in [2.45, 2.75) is 26.3 Å². The summed E-state index contributed by atoms with van der Waals surface area (Å²) in [4.78, 5) is 16.1. The van der Waals surface area contributed by atoms with Crippen molar-refractivity contribution in [3.05, 3.63) is 0 Å². The SMILES string of the molecule is CCC(C)CN1CC2CNCCN2C1=O. The quantitative estimate of drug-likeness (QED) is 0.747. The Morgan fingerprint density at radius 3 is 3.07 bits per heavy atom. The molecular weight excluding hydrogens is 190 g/mol. The van der Waals surface area contributed by atoms with E-state index in [-0.39, 0.29) is 6.03 Å². The third-order valence-electron chi connectivity index (χ3n) is 3.53. The van der Waals surface area contributed by atoms with Crippen LogP contribution in [0.4, 0.5) is 4.79 Å². The Kier molecular flexibility index (Phi) is 3.14. The Labute approximate surface area is 91.6 Å². The van der Waals surface area contributed by atoms with Gasteiger partial charge in [-0.3, -0.25) is 0 Å². The van der Waals surface area contributed by atoms with Gasteiger partial charge in [-0.15, -0.1) is 0 Å². The first-order chi connectivity index (χ1) is 7.22. The number of fused-ring (bicyclic) bond motifs is 1. The molecule has 4 heteroatoms. The molecule has 2 aliphatic heterocycles. The summed E-state index contributed by atoms with van der Waals surface area (Å²) in [6.07, 6.45) is 1.15. The first-order valence-corrected chi connectivity index (χ1v) is 5.98. The normalized spacial score (nSPS) is 28.1. The largest absolute Gasteiger partial charge is 0.322 e. The lowest BCUT2D eigenvalue weighted by Gasteiger charge is -2.28. The molecule has 2 atom stereocenters. The molecule has 0 spiro atoms. The van der Waals surface area contributed by atoms with Gasteiger partial charge in [0.2, 0.25) is 0 Å². The molecule has 2 unspecified atom stereocenters. The van der Waals surface area contributed by atoms with Crippen molar-refractivity contribution in [3.63, 3.8) is 0 Å². The lowest BCUT2D eigenvalue weighted by molar-refractivity contribution is 0.176. The van der Waals surface area contributed by atoms with Crippen LogP contribution >= 0.6 is 0 Å². The average Bonchev–Trinajstić information content (AvgIpc) is 2.57. The van der Waals surface area contributed by atoms with E-state index in [0.717, 1.165) is 39.1 Å². The van der Waals surface area contributed by atoms with E-state index in [4.69, 9.17) is 0 Å². The zero-order chi connectivity index (χ0) is 10.8. The molecule has 0 aromatic heterocycles. The zero-order valence-corrected chi connectivity index (χ0v) is 9.70. The van der Waals surface area contributed by atoms with E-state index in [1.807, 2.05) is 9.80 Å². The smallest absolute Gasteiger partial charge is 0.320 e. The minimum atomic E-state index is 0.252. The van der Waals surface area contributed by atoms with Crippen LogP contribution < -0.4 is 5.32 Å². The van der Waals surface area contributed by atoms with Gasteiger partial charge in [0.05, 0.1) is 6.04 Å². The second-order valence-corrected chi connectivity index (χ2v) is 4.75. The van der Waals surface area contributed by atoms with Crippen LogP contribution in [0, 0.1) is 5.92 Å². The van der Waals surface area contributed by atoms with E-state index >= 15 is 0 Å². The van der Waals surface area contributed by atoms with Gasteiger partial charge < -0.3 is 15.1 Å². The van der Waals surface area contributed by atoms with Crippen molar-refractivity contribution in [1.82, 2.24) is 15.1 Å². The first-order valence-electron chi connectivity index (χ1n) is 5.98. The van der Waals surface area contributed by atoms with Gasteiger partial charge in [-0.2, -0.15) is 0 Å². The number of carbonyl (C=O) groups excluding carboxylic acids is 1. The van der Waals surface area contributed by atoms with Gasteiger partial charge in [-0.05, 0) is 5.92 Å². The second kappa shape index (κ2) is 4.39. The molecular formula is C11H21N3O. The van der Waals surface area contributed by atoms with E-state index in [0.29, 0.717) is 12.0 Å². The lowest BCUT2D eigenvalue weighted by Crippen LogP contribution is -2.49. The highest BCUT2D eigenvalue weighted by molar-refractivity contribution is 5.77. The molecule has 2 rings (SSSR count). The fourth-order valence-corrected chi connectivity index (χ4v) is 2.35. The van der Waals surface area contributed by atoms with Crippen LogP contribution in [0.2, 0.25) is 0 Å². The Morgan fingerprint density at radius 1 is 1.60 bits per heavy atom. The van der Waals surface area contributed by atoms with Crippen LogP contribution in [0.5, 0.6) is 0 Å². The minimum absolute atomic E-state index is 0.252. The van der Waals surface area contributed by atoms with Crippen LogP contribution in [0.25, 0.3) is 0 Å². The topological polar surface area (TPSA) is 35.6 Å². The Hall–Kier alpha value is -0.770. The van der Waals surface area contributed by atoms with Crippen molar-refractivity contribution in [1.29, 1.82) is 0 Å². The van der Waals surface area contributed by atoms with Gasteiger partial charge in [0, 0.05) is 32.7 Å². The number of hydrogen-bond acceptors (Lipinski definition) is 2. The van der Waals surface area contributed by atoms with Crippen molar-refractivity contribution in [2.75, 3.05) is 32.7 Å². The lowest BCUT2D eigenvalue weighted by atomic mass is 10.1. The van der Waals surface area contributed by atoms with Crippen LogP contribution in [0.3, 0.4) is 0 Å². The van der Waals surface area contributed by atoms with Gasteiger partial charge in [0.15, 0.2) is 0 Å². The number of piperazine rings is 1. The molecule has 0 aromatic carbocycles. The van der Waals surface area contributed by atoms with Crippen molar-refractivity contribution in [3.8, 4) is 0 Å². The third-order valence-corrected chi connectivity index (χ3v) is 3.53. The summed E-state index contributed by atoms with van der Waals surface area (Å²) in [5, 5.41) is 3.34. The molecule has 4 nitrogen and oxygen atoms in total. The molecule has 0 bridgehead atoms. The van der Waals surface area contributed by atoms with E-state index in [2.05, 4.69) is 19.2 Å². The van der Waals surface area contributed by atoms with Crippen LogP contribution in [-0.2, 0) is 0 Å². The number of nitrogens with one attached hydrogen (secondary N) is 1. The number of nitrogens with zero attached hydrogens (tertiary/aromatic N) is 2. The third kappa shape index (κ3) is 2.09. The predicted octanol–water partition coefficient (Wildman–Crippen LogP) is 0.742. The summed E-state index contributed by atoms with van der Waals surface area (Å²) in [5.74, 6) is 0.614. The highest BCUT2D eigenvalue weighted by Crippen LogP contribution is 2.19. The maximum atomic E-state index is 12.0. The molecule has 15 heavy (non-hydrogen) atoms. The van der Waals surface area contributed by atoms with E-state index in [1.165, 1.54) is 0 Å². The molecule has 2 aliphatic rings. The zero-order valence-electron chi connectivity index (χ0n) is 9.70. The van der Waals surface area contributed by atoms with Gasteiger partial charge >= 0.3 is 6.03 Å². The van der Waals surface area contributed by atoms with Gasteiger partial charge in [-0.25, -0.2) is 4.79 Å². The number of urea groups is 1. The molecule has 0 aromatic rings. The van der Waals surface area contributed by atoms with Gasteiger partial charge in [0.1, 0.15) is 0 Å². The first kappa shape index (κ1) is 10.7. The monoisotopic (exact) mass is 211 g/mol. The van der Waals surface area contributed by atoms with Crippen molar-refractivity contribution < 1.29 is 4.79 Å². The predicted molar refractivity (Wildman–Crippen MR) is 59.8 cm³/mol. The fourth-order valence-electron chi connectivity index (χ4n) is 2.35. The van der Waals surface area contributed by atoms with E-state index < -0.39 is 0 Å². The summed E-state index contributed by atoms with van der Waals surface area (Å²) < 4.78 is 0. The number of amides is 2. The van der Waals surface area contributed by atoms with Crippen LogP contribution in [-0.4, -0.2) is 54.6 Å². The van der Waals surface area contributed by atoms with Crippen LogP contribution in [0.15, 0.2) is 0 Å². The standard InChI is InChI=1S/C11H21N3O/c1-3-9(2)7-13-8-10-6-12-4-5-14(10)11(13)15/h9-10,12H,3-8H2,1-2H3. The summed E-state index contributed by atoms with van der Waals surface area (Å²) >= 11 is 0. The Bertz CT molecular complexity index is 244. The molecule has 86 valence electrons. The maximum absolute atomic E-state index is 12.0. The fraction of sp³-hybridized carbons (Fsp3) is 0.909. The molecule has 2 heterocycles. The molecule has 2 fully saturated rings. The number of hydrogen-bond donors (Lipinski definition) is 1. The van der Waals surface area contributed by atoms with Crippen molar-refractivity contribution in [2.24, 2.45) is 5.92 Å². The number of carbonyl (C=O) groups is 1. The Morgan fingerprint density at radius 2 is 2.40 bits per heavy atom. The molecule has 2 saturated heterocycles. The Balaban J connectivity index is 1.95. The highest BCUT2D eigenvalue weighted by atomic mass is 16.2. The number of rotatable bonds is 3. The summed E-state index contributed by atoms with van der Waals surface area (Å²) in [6, 6.07) is 0.664. The van der Waals surface area contributed by atoms with E-state index in [9.17, 15) is 4.79 Å². The maximum Gasteiger partial charge on any atom is 0.320 e. The molecule has 1 N–H and O–H groups in total. The summed E-state index contributed by atoms with van der Waals surface area (Å²) in [5.41, 5.74) is 0. The van der Waals surface area contributed by atoms with Gasteiger partial charge in [0.25, 0.3) is 0 Å². The summed E-state index contributed by atoms with van der Waals surface area (Å²) in [7, 11) is 0. The second-order valence-electron chi connectivity index (χ2n) is 4.75. The average molecular weight is 211 g/mol. The summed E-state index contributed by atoms with van der Waals surface area (Å²) in [6.45, 7) is 9.00. The van der Waals surface area contributed by atoms with E-state index in [1.54, 1.807) is 0 Å². The van der Waals surface area contributed by atoms with Crippen LogP contribution in [0.1, 0.15) is 20.3 Å². The molecule has 0 saturated carbocycles. The van der Waals surface area contributed by atoms with Gasteiger partial charge in [-0.1, -0.05) is 20.3 Å².